The molecule has 0 aliphatic heterocycles. The predicted octanol–water partition coefficient (Wildman–Crippen LogP) is 2.98. The minimum Gasteiger partial charge on any atom is -0.452 e. The molecule has 0 radical (unpaired) electrons. The smallest absolute Gasteiger partial charge is 0.338 e. The summed E-state index contributed by atoms with van der Waals surface area (Å²) in [6.45, 7) is 3.30. The van der Waals surface area contributed by atoms with Crippen LogP contribution in [0.2, 0.25) is 0 Å². The molecule has 142 valence electrons. The highest BCUT2D eigenvalue weighted by Crippen LogP contribution is 2.25. The summed E-state index contributed by atoms with van der Waals surface area (Å²) in [6.07, 6.45) is 0. The Bertz CT molecular complexity index is 866. The molecule has 2 N–H and O–H groups in total. The summed E-state index contributed by atoms with van der Waals surface area (Å²) in [7, 11) is 1.54. The van der Waals surface area contributed by atoms with Crippen molar-refractivity contribution in [3.05, 3.63) is 69.3 Å². The van der Waals surface area contributed by atoms with E-state index in [2.05, 4.69) is 10.6 Å². The van der Waals surface area contributed by atoms with E-state index in [0.29, 0.717) is 0 Å². The van der Waals surface area contributed by atoms with Crippen molar-refractivity contribution in [1.29, 1.82) is 0 Å². The maximum absolute atomic E-state index is 12.1. The van der Waals surface area contributed by atoms with Gasteiger partial charge in [0.2, 0.25) is 0 Å². The second kappa shape index (κ2) is 8.79. The number of aryl methyl sites for hydroxylation is 1. The highest BCUT2D eigenvalue weighted by molar-refractivity contribution is 5.93. The largest absolute Gasteiger partial charge is 0.452 e. The van der Waals surface area contributed by atoms with Gasteiger partial charge in [-0.1, -0.05) is 24.3 Å². The molecule has 27 heavy (non-hydrogen) atoms. The lowest BCUT2D eigenvalue weighted by Crippen LogP contribution is -2.31. The highest BCUT2D eigenvalue weighted by Gasteiger charge is 2.19. The third-order valence-corrected chi connectivity index (χ3v) is 4.07. The number of ether oxygens (including phenoxy) is 1. The van der Waals surface area contributed by atoms with Crippen molar-refractivity contribution < 1.29 is 19.2 Å². The van der Waals surface area contributed by atoms with Gasteiger partial charge in [-0.15, -0.1) is 0 Å². The fourth-order valence-electron chi connectivity index (χ4n) is 2.67. The molecule has 0 saturated carbocycles. The second-order valence-corrected chi connectivity index (χ2v) is 5.96. The highest BCUT2D eigenvalue weighted by atomic mass is 16.6. The molecule has 8 heteroatoms. The first-order valence-electron chi connectivity index (χ1n) is 8.31. The summed E-state index contributed by atoms with van der Waals surface area (Å²) in [6, 6.07) is 11.3. The number of hydrogen-bond acceptors (Lipinski definition) is 6. The van der Waals surface area contributed by atoms with Crippen molar-refractivity contribution in [2.75, 3.05) is 19.0 Å². The fourth-order valence-corrected chi connectivity index (χ4v) is 2.67. The number of hydrogen-bond donors (Lipinski definition) is 2. The first-order chi connectivity index (χ1) is 12.8. The Morgan fingerprint density at radius 1 is 1.22 bits per heavy atom. The van der Waals surface area contributed by atoms with Crippen LogP contribution in [-0.2, 0) is 9.53 Å². The lowest BCUT2D eigenvalue weighted by molar-refractivity contribution is -0.384. The quantitative estimate of drug-likeness (QED) is 0.440. The van der Waals surface area contributed by atoms with Crippen molar-refractivity contribution in [1.82, 2.24) is 5.32 Å². The number of esters is 1. The summed E-state index contributed by atoms with van der Waals surface area (Å²) in [4.78, 5) is 34.6. The summed E-state index contributed by atoms with van der Waals surface area (Å²) in [5.74, 6) is -1.26. The van der Waals surface area contributed by atoms with Crippen LogP contribution in [0.25, 0.3) is 0 Å². The van der Waals surface area contributed by atoms with Crippen LogP contribution in [0, 0.1) is 17.0 Å². The van der Waals surface area contributed by atoms with E-state index in [-0.39, 0.29) is 23.0 Å². The first kappa shape index (κ1) is 19.9. The molecule has 0 bridgehead atoms. The minimum absolute atomic E-state index is 0.000419. The lowest BCUT2D eigenvalue weighted by atomic mass is 10.0. The number of anilines is 1. The number of benzene rings is 2. The van der Waals surface area contributed by atoms with E-state index in [1.807, 2.05) is 38.1 Å². The fraction of sp³-hybridized carbons (Fsp3) is 0.263. The van der Waals surface area contributed by atoms with Crippen LogP contribution < -0.4 is 10.6 Å². The van der Waals surface area contributed by atoms with Gasteiger partial charge in [0.1, 0.15) is 5.69 Å². The van der Waals surface area contributed by atoms with E-state index in [0.717, 1.165) is 17.2 Å². The second-order valence-electron chi connectivity index (χ2n) is 5.96. The molecule has 0 heterocycles. The molecule has 1 unspecified atom stereocenters. The van der Waals surface area contributed by atoms with E-state index >= 15 is 0 Å². The number of rotatable bonds is 7. The Balaban J connectivity index is 1.97. The SMILES string of the molecule is CNc1ccc(C(=O)OCC(=O)NC(C)c2ccccc2C)cc1[N+](=O)[O-]. The van der Waals surface area contributed by atoms with Crippen molar-refractivity contribution in [3.8, 4) is 0 Å². The van der Waals surface area contributed by atoms with Gasteiger partial charge in [-0.3, -0.25) is 14.9 Å². The molecule has 0 spiro atoms. The molecule has 8 nitrogen and oxygen atoms in total. The number of nitro benzene ring substituents is 1. The summed E-state index contributed by atoms with van der Waals surface area (Å²) in [5.41, 5.74) is 2.04. The average Bonchev–Trinajstić information content (AvgIpc) is 2.65. The molecule has 0 saturated heterocycles. The Labute approximate surface area is 156 Å². The number of amides is 1. The van der Waals surface area contributed by atoms with Gasteiger partial charge >= 0.3 is 5.97 Å². The molecule has 0 fully saturated rings. The third-order valence-electron chi connectivity index (χ3n) is 4.07. The maximum Gasteiger partial charge on any atom is 0.338 e. The Kier molecular flexibility index (Phi) is 6.48. The number of carbonyl (C=O) groups excluding carboxylic acids is 2. The van der Waals surface area contributed by atoms with Crippen LogP contribution >= 0.6 is 0 Å². The zero-order chi connectivity index (χ0) is 20.0. The number of nitro groups is 1. The van der Waals surface area contributed by atoms with Crippen molar-refractivity contribution >= 4 is 23.3 Å². The molecule has 2 aromatic rings. The van der Waals surface area contributed by atoms with Gasteiger partial charge in [-0.25, -0.2) is 4.79 Å². The topological polar surface area (TPSA) is 111 Å². The van der Waals surface area contributed by atoms with E-state index in [1.165, 1.54) is 12.1 Å². The maximum atomic E-state index is 12.1. The molecule has 2 aromatic carbocycles. The van der Waals surface area contributed by atoms with Crippen LogP contribution in [0.5, 0.6) is 0 Å². The van der Waals surface area contributed by atoms with Gasteiger partial charge in [-0.2, -0.15) is 0 Å². The molecule has 2 rings (SSSR count). The van der Waals surface area contributed by atoms with Gasteiger partial charge in [0.05, 0.1) is 16.5 Å². The molecule has 1 atom stereocenters. The minimum atomic E-state index is -0.806. The Morgan fingerprint density at radius 2 is 1.93 bits per heavy atom. The lowest BCUT2D eigenvalue weighted by Gasteiger charge is -2.16. The van der Waals surface area contributed by atoms with E-state index in [4.69, 9.17) is 4.74 Å². The van der Waals surface area contributed by atoms with E-state index in [1.54, 1.807) is 7.05 Å². The molecule has 0 aliphatic rings. The van der Waals surface area contributed by atoms with Gasteiger partial charge in [0.15, 0.2) is 6.61 Å². The van der Waals surface area contributed by atoms with Crippen LogP contribution in [0.15, 0.2) is 42.5 Å². The molecule has 0 aromatic heterocycles. The van der Waals surface area contributed by atoms with Gasteiger partial charge in [0, 0.05) is 13.1 Å². The predicted molar refractivity (Wildman–Crippen MR) is 101 cm³/mol. The van der Waals surface area contributed by atoms with Crippen LogP contribution in [0.1, 0.15) is 34.5 Å². The van der Waals surface area contributed by atoms with Gasteiger partial charge in [0.25, 0.3) is 11.6 Å². The third kappa shape index (κ3) is 5.04. The van der Waals surface area contributed by atoms with Crippen molar-refractivity contribution in [3.63, 3.8) is 0 Å². The Hall–Kier alpha value is -3.42. The molecular weight excluding hydrogens is 350 g/mol. The van der Waals surface area contributed by atoms with Crippen LogP contribution in [0.4, 0.5) is 11.4 Å². The summed E-state index contributed by atoms with van der Waals surface area (Å²) in [5, 5.41) is 16.5. The van der Waals surface area contributed by atoms with E-state index in [9.17, 15) is 19.7 Å². The average molecular weight is 371 g/mol. The molecule has 1 amide bonds. The zero-order valence-corrected chi connectivity index (χ0v) is 15.3. The zero-order valence-electron chi connectivity index (χ0n) is 15.3. The molecular formula is C19H21N3O5. The standard InChI is InChI=1S/C19H21N3O5/c1-12-6-4-5-7-15(12)13(2)21-18(23)11-27-19(24)14-8-9-16(20-3)17(10-14)22(25)26/h4-10,13,20H,11H2,1-3H3,(H,21,23). The van der Waals surface area contributed by atoms with E-state index < -0.39 is 23.4 Å². The van der Waals surface area contributed by atoms with Gasteiger partial charge < -0.3 is 15.4 Å². The van der Waals surface area contributed by atoms with Crippen molar-refractivity contribution in [2.24, 2.45) is 0 Å². The summed E-state index contributed by atoms with van der Waals surface area (Å²) < 4.78 is 4.97. The summed E-state index contributed by atoms with van der Waals surface area (Å²) >= 11 is 0. The van der Waals surface area contributed by atoms with Crippen LogP contribution in [-0.4, -0.2) is 30.5 Å². The normalized spacial score (nSPS) is 11.4. The Morgan fingerprint density at radius 3 is 2.56 bits per heavy atom. The van der Waals surface area contributed by atoms with Crippen LogP contribution in [0.3, 0.4) is 0 Å². The van der Waals surface area contributed by atoms with Gasteiger partial charge in [-0.05, 0) is 37.1 Å². The first-order valence-corrected chi connectivity index (χ1v) is 8.31. The monoisotopic (exact) mass is 371 g/mol. The number of nitrogens with zero attached hydrogens (tertiary/aromatic N) is 1. The number of carbonyl (C=O) groups is 2. The molecule has 0 aliphatic carbocycles. The number of nitrogens with one attached hydrogen (secondary N) is 2. The van der Waals surface area contributed by atoms with Crippen molar-refractivity contribution in [2.45, 2.75) is 19.9 Å².